The van der Waals surface area contributed by atoms with Gasteiger partial charge in [-0.05, 0) is 51.4 Å². The van der Waals surface area contributed by atoms with E-state index in [0.29, 0.717) is 26.2 Å². The Hall–Kier alpha value is 0.170. The summed E-state index contributed by atoms with van der Waals surface area (Å²) in [6.45, 7) is 5.97. The van der Waals surface area contributed by atoms with Gasteiger partial charge in [0.15, 0.2) is 14.8 Å². The number of hydrogen-bond donors (Lipinski definition) is 0. The van der Waals surface area contributed by atoms with Gasteiger partial charge in [-0.2, -0.15) is 0 Å². The van der Waals surface area contributed by atoms with Crippen LogP contribution in [0, 0.1) is 0 Å². The first-order valence-electron chi connectivity index (χ1n) is 9.10. The Balaban J connectivity index is 2.33. The van der Waals surface area contributed by atoms with Gasteiger partial charge in [0.25, 0.3) is 0 Å². The van der Waals surface area contributed by atoms with Crippen LogP contribution in [-0.2, 0) is 27.7 Å². The van der Waals surface area contributed by atoms with Gasteiger partial charge in [-0.1, -0.05) is 13.8 Å². The Bertz CT molecular complexity index is 362. The molecule has 1 rings (SSSR count). The lowest BCUT2D eigenvalue weighted by molar-refractivity contribution is -0.162. The van der Waals surface area contributed by atoms with E-state index in [4.69, 9.17) is 18.5 Å². The molecule has 0 radical (unpaired) electrons. The van der Waals surface area contributed by atoms with Crippen LogP contribution in [0.1, 0.15) is 65.2 Å². The molecule has 1 fully saturated rings. The first-order chi connectivity index (χ1) is 11.7. The summed E-state index contributed by atoms with van der Waals surface area (Å²) in [5.74, 6) is 0. The Kier molecular flexibility index (Phi) is 12.4. The highest BCUT2D eigenvalue weighted by Crippen LogP contribution is 2.58. The van der Waals surface area contributed by atoms with Crippen LogP contribution in [0.2, 0.25) is 0 Å². The molecule has 2 atom stereocenters. The van der Waals surface area contributed by atoms with Crippen molar-refractivity contribution in [3.8, 4) is 0 Å². The lowest BCUT2D eigenvalue weighted by atomic mass is 10.2. The Morgan fingerprint density at radius 3 is 2.38 bits per heavy atom. The minimum absolute atomic E-state index is 0.0842. The lowest BCUT2D eigenvalue weighted by Crippen LogP contribution is -2.22. The summed E-state index contributed by atoms with van der Waals surface area (Å²) in [5, 5.41) is -0.596. The molecule has 0 bridgehead atoms. The highest BCUT2D eigenvalue weighted by Gasteiger charge is 2.36. The van der Waals surface area contributed by atoms with Gasteiger partial charge in [0.05, 0.1) is 13.2 Å². The number of unbranched alkanes of at least 4 members (excludes halogenated alkanes) is 1. The van der Waals surface area contributed by atoms with Gasteiger partial charge in [0, 0.05) is 13.2 Å². The molecule has 2 unspecified atom stereocenters. The summed E-state index contributed by atoms with van der Waals surface area (Å²) < 4.78 is 46.5. The molecule has 0 N–H and O–H groups in total. The van der Waals surface area contributed by atoms with Crippen LogP contribution in [0.5, 0.6) is 0 Å². The van der Waals surface area contributed by atoms with E-state index >= 15 is 0 Å². The van der Waals surface area contributed by atoms with Crippen molar-refractivity contribution >= 4 is 16.1 Å². The maximum absolute atomic E-state index is 12.9. The Morgan fingerprint density at radius 1 is 1.12 bits per heavy atom. The van der Waals surface area contributed by atoms with Crippen molar-refractivity contribution < 1.29 is 27.7 Å². The fourth-order valence-corrected chi connectivity index (χ4v) is 5.34. The molecule has 1 aliphatic heterocycles. The predicted molar refractivity (Wildman–Crippen MR) is 94.9 cm³/mol. The van der Waals surface area contributed by atoms with Gasteiger partial charge < -0.3 is 18.5 Å². The molecule has 6 nitrogen and oxygen atoms in total. The van der Waals surface area contributed by atoms with Gasteiger partial charge in [0.1, 0.15) is 5.40 Å². The molecule has 0 aromatic rings. The first-order valence-corrected chi connectivity index (χ1v) is 11.6. The summed E-state index contributed by atoms with van der Waals surface area (Å²) >= 11 is 0. The summed E-state index contributed by atoms with van der Waals surface area (Å²) in [6.07, 6.45) is 6.73. The van der Waals surface area contributed by atoms with E-state index in [1.54, 1.807) is 0 Å². The lowest BCUT2D eigenvalue weighted by Gasteiger charge is -2.23. The molecular weight excluding hydrogens is 350 g/mol. The summed E-state index contributed by atoms with van der Waals surface area (Å²) in [7, 11) is -3.50. The topological polar surface area (TPSA) is 71.1 Å². The van der Waals surface area contributed by atoms with Crippen molar-refractivity contribution in [3.63, 3.8) is 0 Å². The van der Waals surface area contributed by atoms with E-state index < -0.39 is 13.0 Å². The highest BCUT2D eigenvalue weighted by atomic mass is 31.2. The van der Waals surface area contributed by atoms with Crippen molar-refractivity contribution in [1.82, 2.24) is 0 Å². The molecule has 0 aromatic heterocycles. The van der Waals surface area contributed by atoms with E-state index in [1.165, 1.54) is 0 Å². The maximum atomic E-state index is 12.9. The second-order valence-electron chi connectivity index (χ2n) is 5.96. The van der Waals surface area contributed by atoms with Gasteiger partial charge in [-0.15, -0.1) is 0 Å². The Labute approximate surface area is 147 Å². The fourth-order valence-electron chi connectivity index (χ4n) is 2.40. The Morgan fingerprint density at radius 2 is 1.83 bits per heavy atom. The molecule has 0 saturated carbocycles. The third kappa shape index (κ3) is 8.51. The second kappa shape index (κ2) is 13.4. The molecule has 0 amide bonds. The minimum atomic E-state index is -3.33. The molecule has 24 heavy (non-hydrogen) atoms. The molecule has 8 heteroatoms. The van der Waals surface area contributed by atoms with Crippen LogP contribution >= 0.6 is 16.1 Å². The van der Waals surface area contributed by atoms with Crippen LogP contribution in [-0.4, -0.2) is 38.1 Å². The quantitative estimate of drug-likeness (QED) is 0.297. The molecule has 1 aliphatic rings. The predicted octanol–water partition coefficient (Wildman–Crippen LogP) is 5.36. The van der Waals surface area contributed by atoms with E-state index in [0.717, 1.165) is 51.6 Å². The standard InChI is InChI=1S/C16H32O6P2/c1-3-11-21-24(18,22-12-4-2)16(23-17)10-6-8-14-20-15-9-5-7-13-19-15/h15-16H,3-14H2,1-2H3. The van der Waals surface area contributed by atoms with E-state index in [-0.39, 0.29) is 14.8 Å². The number of ether oxygens (including phenoxy) is 2. The number of hydrogen-bond acceptors (Lipinski definition) is 6. The van der Waals surface area contributed by atoms with Crippen molar-refractivity contribution in [2.24, 2.45) is 0 Å². The average molecular weight is 382 g/mol. The third-order valence-electron chi connectivity index (χ3n) is 3.74. The average Bonchev–Trinajstić information content (AvgIpc) is 2.62. The van der Waals surface area contributed by atoms with Crippen LogP contribution in [0.4, 0.5) is 0 Å². The monoisotopic (exact) mass is 382 g/mol. The highest BCUT2D eigenvalue weighted by molar-refractivity contribution is 7.63. The van der Waals surface area contributed by atoms with Gasteiger partial charge >= 0.3 is 7.60 Å². The zero-order valence-corrected chi connectivity index (χ0v) is 16.8. The fraction of sp³-hybridized carbons (Fsp3) is 1.00. The van der Waals surface area contributed by atoms with Crippen LogP contribution < -0.4 is 0 Å². The first kappa shape index (κ1) is 22.2. The van der Waals surface area contributed by atoms with Crippen LogP contribution in [0.15, 0.2) is 0 Å². The summed E-state index contributed by atoms with van der Waals surface area (Å²) in [6, 6.07) is 0. The molecule has 1 saturated heterocycles. The third-order valence-corrected chi connectivity index (χ3v) is 7.44. The molecule has 0 aromatic carbocycles. The smallest absolute Gasteiger partial charge is 0.345 e. The van der Waals surface area contributed by atoms with E-state index in [9.17, 15) is 9.13 Å². The minimum Gasteiger partial charge on any atom is -0.353 e. The van der Waals surface area contributed by atoms with Crippen molar-refractivity contribution in [1.29, 1.82) is 0 Å². The van der Waals surface area contributed by atoms with Crippen molar-refractivity contribution in [2.75, 3.05) is 26.4 Å². The zero-order valence-electron chi connectivity index (χ0n) is 15.0. The summed E-state index contributed by atoms with van der Waals surface area (Å²) in [4.78, 5) is 0. The van der Waals surface area contributed by atoms with Crippen molar-refractivity contribution in [2.45, 2.75) is 76.9 Å². The molecule has 142 valence electrons. The SMILES string of the molecule is CCCOP(=O)(OCCC)C(CCCCOC1CCCCO1)P=O. The van der Waals surface area contributed by atoms with E-state index in [2.05, 4.69) is 0 Å². The zero-order chi connectivity index (χ0) is 17.7. The maximum Gasteiger partial charge on any atom is 0.345 e. The van der Waals surface area contributed by atoms with Gasteiger partial charge in [-0.25, -0.2) is 0 Å². The molecule has 1 heterocycles. The largest absolute Gasteiger partial charge is 0.353 e. The van der Waals surface area contributed by atoms with Gasteiger partial charge in [0.2, 0.25) is 0 Å². The van der Waals surface area contributed by atoms with Crippen LogP contribution in [0.3, 0.4) is 0 Å². The normalized spacial score (nSPS) is 20.3. The molecule has 0 spiro atoms. The number of rotatable bonds is 14. The van der Waals surface area contributed by atoms with E-state index in [1.807, 2.05) is 13.8 Å². The van der Waals surface area contributed by atoms with Gasteiger partial charge in [-0.3, -0.25) is 9.13 Å². The summed E-state index contributed by atoms with van der Waals surface area (Å²) in [5.41, 5.74) is 0. The molecular formula is C16H32O6P2. The van der Waals surface area contributed by atoms with Crippen LogP contribution in [0.25, 0.3) is 0 Å². The second-order valence-corrected chi connectivity index (χ2v) is 9.42. The molecule has 0 aliphatic carbocycles. The van der Waals surface area contributed by atoms with Crippen molar-refractivity contribution in [3.05, 3.63) is 0 Å².